The molecule has 1 amide bonds. The molecule has 5 rings (SSSR count). The quantitative estimate of drug-likeness (QED) is 0.418. The molecule has 10 heteroatoms. The molecule has 1 aliphatic rings. The van der Waals surface area contributed by atoms with Crippen molar-refractivity contribution in [2.45, 2.75) is 12.3 Å². The van der Waals surface area contributed by atoms with Crippen molar-refractivity contribution < 1.29 is 22.7 Å². The summed E-state index contributed by atoms with van der Waals surface area (Å²) in [5.74, 6) is 0.111. The second-order valence-corrected chi connectivity index (χ2v) is 8.18. The minimum absolute atomic E-state index is 0.184. The van der Waals surface area contributed by atoms with E-state index in [0.29, 0.717) is 30.1 Å². The summed E-state index contributed by atoms with van der Waals surface area (Å²) >= 11 is 0. The lowest BCUT2D eigenvalue weighted by atomic mass is 9.97. The van der Waals surface area contributed by atoms with Crippen molar-refractivity contribution in [2.75, 3.05) is 18.4 Å². The molecule has 0 aliphatic carbocycles. The Morgan fingerprint density at radius 1 is 1.11 bits per heavy atom. The lowest BCUT2D eigenvalue weighted by molar-refractivity contribution is -0.137. The maximum atomic E-state index is 13.5. The monoisotopic (exact) mass is 489 g/mol. The molecule has 1 fully saturated rings. The lowest BCUT2D eigenvalue weighted by Gasteiger charge is -2.29. The molecule has 3 heterocycles. The van der Waals surface area contributed by atoms with Gasteiger partial charge >= 0.3 is 6.18 Å². The van der Waals surface area contributed by atoms with E-state index in [1.54, 1.807) is 30.5 Å². The Labute approximate surface area is 203 Å². The van der Waals surface area contributed by atoms with E-state index in [1.807, 2.05) is 6.07 Å². The first-order valence-corrected chi connectivity index (χ1v) is 11.0. The largest absolute Gasteiger partial charge is 0.487 e. The average Bonchev–Trinajstić information content (AvgIpc) is 2.85. The Balaban J connectivity index is 1.49. The van der Waals surface area contributed by atoms with E-state index in [9.17, 15) is 18.0 Å². The van der Waals surface area contributed by atoms with Crippen molar-refractivity contribution in [3.63, 3.8) is 0 Å². The van der Waals surface area contributed by atoms with E-state index >= 15 is 0 Å². The molecule has 2 aromatic heterocycles. The van der Waals surface area contributed by atoms with Crippen LogP contribution in [0.15, 0.2) is 66.9 Å². The predicted molar refractivity (Wildman–Crippen MR) is 126 cm³/mol. The number of anilines is 1. The van der Waals surface area contributed by atoms with Gasteiger partial charge in [-0.15, -0.1) is 0 Å². The van der Waals surface area contributed by atoms with E-state index in [-0.39, 0.29) is 23.0 Å². The molecule has 2 N–H and O–H groups in total. The zero-order valence-electron chi connectivity index (χ0n) is 18.6. The molecule has 0 radical (unpaired) electrons. The van der Waals surface area contributed by atoms with E-state index in [4.69, 9.17) is 10.00 Å². The normalized spacial score (nSPS) is 13.6. The number of halogens is 3. The van der Waals surface area contributed by atoms with Gasteiger partial charge in [0.2, 0.25) is 0 Å². The second-order valence-electron chi connectivity index (χ2n) is 8.18. The molecule has 2 aromatic carbocycles. The number of rotatable bonds is 5. The van der Waals surface area contributed by atoms with Crippen LogP contribution in [0.1, 0.15) is 21.5 Å². The van der Waals surface area contributed by atoms with Gasteiger partial charge in [-0.25, -0.2) is 9.97 Å². The van der Waals surface area contributed by atoms with Gasteiger partial charge in [-0.05, 0) is 60.2 Å². The molecular formula is C26H18F3N5O2. The lowest BCUT2D eigenvalue weighted by Crippen LogP contribution is -2.50. The van der Waals surface area contributed by atoms with Crippen molar-refractivity contribution >= 4 is 22.8 Å². The third kappa shape index (κ3) is 4.69. The van der Waals surface area contributed by atoms with Gasteiger partial charge < -0.3 is 15.4 Å². The number of hydrogen-bond donors (Lipinski definition) is 2. The number of amides is 1. The van der Waals surface area contributed by atoms with Crippen molar-refractivity contribution in [1.29, 1.82) is 5.26 Å². The summed E-state index contributed by atoms with van der Waals surface area (Å²) in [7, 11) is 0. The van der Waals surface area contributed by atoms with Crippen molar-refractivity contribution in [2.24, 2.45) is 0 Å². The molecule has 0 bridgehead atoms. The number of aromatic nitrogens is 2. The summed E-state index contributed by atoms with van der Waals surface area (Å²) in [5.41, 5.74) is -0.178. The number of fused-ring (bicyclic) bond motifs is 1. The van der Waals surface area contributed by atoms with Crippen LogP contribution >= 0.6 is 0 Å². The number of carbonyl (C=O) groups is 1. The Hall–Kier alpha value is -4.49. The number of benzene rings is 2. The van der Waals surface area contributed by atoms with Crippen molar-refractivity contribution in [1.82, 2.24) is 15.3 Å². The van der Waals surface area contributed by atoms with Crippen LogP contribution in [0.25, 0.3) is 22.2 Å². The molecule has 0 atom stereocenters. The zero-order valence-corrected chi connectivity index (χ0v) is 18.6. The summed E-state index contributed by atoms with van der Waals surface area (Å²) in [5, 5.41) is 15.7. The first-order valence-electron chi connectivity index (χ1n) is 11.0. The summed E-state index contributed by atoms with van der Waals surface area (Å²) in [6, 6.07) is 16.7. The van der Waals surface area contributed by atoms with Crippen molar-refractivity contribution in [3.8, 4) is 22.9 Å². The van der Waals surface area contributed by atoms with Gasteiger partial charge in [0, 0.05) is 35.8 Å². The van der Waals surface area contributed by atoms with Crippen LogP contribution in [0.5, 0.6) is 5.75 Å². The van der Waals surface area contributed by atoms with Gasteiger partial charge in [-0.1, -0.05) is 6.07 Å². The number of ether oxygens (including phenoxy) is 1. The predicted octanol–water partition coefficient (Wildman–Crippen LogP) is 4.79. The fraction of sp³-hybridized carbons (Fsp3) is 0.154. The first-order chi connectivity index (χ1) is 17.3. The highest BCUT2D eigenvalue weighted by atomic mass is 19.4. The van der Waals surface area contributed by atoms with Crippen molar-refractivity contribution in [3.05, 3.63) is 83.6 Å². The van der Waals surface area contributed by atoms with Crippen LogP contribution in [0.3, 0.4) is 0 Å². The molecule has 0 unspecified atom stereocenters. The van der Waals surface area contributed by atoms with Crippen LogP contribution in [-0.2, 0) is 6.18 Å². The molecule has 1 saturated heterocycles. The number of nitrogens with one attached hydrogen (secondary N) is 2. The third-order valence-electron chi connectivity index (χ3n) is 5.74. The standard InChI is InChI=1S/C26H18F3N5O2/c27-26(28,29)21-10-16(3-4-18(21)12-30)20-7-5-17(11-22(20)36-19-13-31-14-19)25(35)34-23-8-6-15-2-1-9-32-24(15)33-23/h1-11,19,31H,13-14H2,(H,32,33,34,35). The number of nitrogens with zero attached hydrogens (tertiary/aromatic N) is 3. The zero-order chi connectivity index (χ0) is 25.3. The van der Waals surface area contributed by atoms with Crippen LogP contribution < -0.4 is 15.4 Å². The minimum Gasteiger partial charge on any atom is -0.487 e. The Bertz CT molecular complexity index is 1510. The fourth-order valence-electron chi connectivity index (χ4n) is 3.78. The molecule has 36 heavy (non-hydrogen) atoms. The van der Waals surface area contributed by atoms with Gasteiger partial charge in [0.15, 0.2) is 5.65 Å². The van der Waals surface area contributed by atoms with Crippen LogP contribution in [0, 0.1) is 11.3 Å². The number of pyridine rings is 2. The Morgan fingerprint density at radius 3 is 2.67 bits per heavy atom. The third-order valence-corrected chi connectivity index (χ3v) is 5.74. The summed E-state index contributed by atoms with van der Waals surface area (Å²) in [6.07, 6.45) is -3.27. The highest BCUT2D eigenvalue weighted by Gasteiger charge is 2.34. The maximum Gasteiger partial charge on any atom is 0.417 e. The maximum absolute atomic E-state index is 13.5. The fourth-order valence-corrected chi connectivity index (χ4v) is 3.78. The number of nitriles is 1. The van der Waals surface area contributed by atoms with Gasteiger partial charge in [-0.2, -0.15) is 18.4 Å². The topological polar surface area (TPSA) is 99.9 Å². The molecule has 1 aliphatic heterocycles. The molecule has 180 valence electrons. The smallest absolute Gasteiger partial charge is 0.417 e. The summed E-state index contributed by atoms with van der Waals surface area (Å²) < 4.78 is 46.6. The summed E-state index contributed by atoms with van der Waals surface area (Å²) in [6.45, 7) is 1.15. The number of hydrogen-bond acceptors (Lipinski definition) is 6. The summed E-state index contributed by atoms with van der Waals surface area (Å²) in [4.78, 5) is 21.5. The molecule has 0 saturated carbocycles. The van der Waals surface area contributed by atoms with Crippen LogP contribution in [0.2, 0.25) is 0 Å². The molecule has 0 spiro atoms. The molecular weight excluding hydrogens is 471 g/mol. The van der Waals surface area contributed by atoms with Gasteiger partial charge in [0.05, 0.1) is 17.2 Å². The van der Waals surface area contributed by atoms with E-state index in [0.717, 1.165) is 17.5 Å². The highest BCUT2D eigenvalue weighted by Crippen LogP contribution is 2.38. The average molecular weight is 489 g/mol. The van der Waals surface area contributed by atoms with E-state index in [2.05, 4.69) is 20.6 Å². The number of alkyl halides is 3. The molecule has 4 aromatic rings. The Morgan fingerprint density at radius 2 is 1.94 bits per heavy atom. The van der Waals surface area contributed by atoms with Crippen LogP contribution in [0.4, 0.5) is 19.0 Å². The Kier molecular flexibility index (Phi) is 6.00. The SMILES string of the molecule is N#Cc1ccc(-c2ccc(C(=O)Nc3ccc4cccnc4n3)cc2OC2CNC2)cc1C(F)(F)F. The highest BCUT2D eigenvalue weighted by molar-refractivity contribution is 6.04. The van der Waals surface area contributed by atoms with Gasteiger partial charge in [0.25, 0.3) is 5.91 Å². The van der Waals surface area contributed by atoms with Gasteiger partial charge in [0.1, 0.15) is 17.7 Å². The number of carbonyl (C=O) groups excluding carboxylic acids is 1. The molecule has 7 nitrogen and oxygen atoms in total. The van der Waals surface area contributed by atoms with E-state index in [1.165, 1.54) is 24.3 Å². The van der Waals surface area contributed by atoms with Crippen LogP contribution in [-0.4, -0.2) is 35.1 Å². The van der Waals surface area contributed by atoms with Gasteiger partial charge in [-0.3, -0.25) is 4.79 Å². The first kappa shape index (κ1) is 23.3. The second kappa shape index (κ2) is 9.28. The minimum atomic E-state index is -4.69. The van der Waals surface area contributed by atoms with E-state index < -0.39 is 23.2 Å².